The number of hydrogen-bond donors (Lipinski definition) is 4. The third-order valence-corrected chi connectivity index (χ3v) is 7.58. The second-order valence-corrected chi connectivity index (χ2v) is 11.5. The molecule has 2 fully saturated rings. The average Bonchev–Trinajstić information content (AvgIpc) is 3.35. The standard InChI is InChI=1S/C23H36N4O9S2/c1-13(24-12-26(17(29)10-37)15(9-28)20(31)32)35-18(30)8-6-5-7-16-19-14(11-38-16)25-21(33)27(19)22(34)36-23(2,3)4/h14-16,19,28,37H,5-12H2,1-4H3,(H,25,33)(H,31,32)/t14-,15-,16-,19-/m0/s1. The van der Waals surface area contributed by atoms with Gasteiger partial charge in [0.25, 0.3) is 0 Å². The van der Waals surface area contributed by atoms with Crippen molar-refractivity contribution in [3.8, 4) is 0 Å². The Balaban J connectivity index is 1.83. The predicted molar refractivity (Wildman–Crippen MR) is 142 cm³/mol. The monoisotopic (exact) mass is 576 g/mol. The summed E-state index contributed by atoms with van der Waals surface area (Å²) in [6.45, 7) is 5.40. The first-order chi connectivity index (χ1) is 17.8. The van der Waals surface area contributed by atoms with Crippen LogP contribution in [-0.2, 0) is 23.9 Å². The number of aliphatic hydroxyl groups is 1. The van der Waals surface area contributed by atoms with E-state index < -0.39 is 54.9 Å². The van der Waals surface area contributed by atoms with Gasteiger partial charge in [-0.1, -0.05) is 6.42 Å². The number of urea groups is 1. The summed E-state index contributed by atoms with van der Waals surface area (Å²) in [4.78, 5) is 66.4. The van der Waals surface area contributed by atoms with Gasteiger partial charge in [-0.25, -0.2) is 24.3 Å². The van der Waals surface area contributed by atoms with E-state index in [9.17, 15) is 34.2 Å². The Labute approximate surface area is 231 Å². The molecule has 0 radical (unpaired) electrons. The minimum Gasteiger partial charge on any atom is -0.480 e. The van der Waals surface area contributed by atoms with Gasteiger partial charge < -0.3 is 29.9 Å². The van der Waals surface area contributed by atoms with Crippen molar-refractivity contribution in [2.75, 3.05) is 24.8 Å². The summed E-state index contributed by atoms with van der Waals surface area (Å²) in [5.41, 5.74) is -0.726. The number of thioether (sulfide) groups is 1. The summed E-state index contributed by atoms with van der Waals surface area (Å²) in [6, 6.07) is -2.41. The smallest absolute Gasteiger partial charge is 0.418 e. The van der Waals surface area contributed by atoms with Gasteiger partial charge in [-0.15, -0.1) is 0 Å². The molecule has 214 valence electrons. The number of unbranched alkanes of at least 4 members (excludes halogenated alkanes) is 1. The van der Waals surface area contributed by atoms with Gasteiger partial charge in [-0.2, -0.15) is 24.4 Å². The number of esters is 1. The van der Waals surface area contributed by atoms with Gasteiger partial charge in [-0.05, 0) is 33.6 Å². The molecule has 0 aromatic carbocycles. The Hall–Kier alpha value is -2.52. The number of carbonyl (C=O) groups is 5. The van der Waals surface area contributed by atoms with Crippen LogP contribution in [0.4, 0.5) is 9.59 Å². The Morgan fingerprint density at radius 1 is 1.29 bits per heavy atom. The van der Waals surface area contributed by atoms with Crippen LogP contribution < -0.4 is 5.32 Å². The lowest BCUT2D eigenvalue weighted by atomic mass is 10.0. The van der Waals surface area contributed by atoms with E-state index in [1.165, 1.54) is 11.8 Å². The fourth-order valence-corrected chi connectivity index (χ4v) is 5.84. The third kappa shape index (κ3) is 8.76. The van der Waals surface area contributed by atoms with Crippen LogP contribution in [-0.4, -0.2) is 110 Å². The van der Waals surface area contributed by atoms with Crippen molar-refractivity contribution in [3.05, 3.63) is 0 Å². The Kier molecular flexibility index (Phi) is 11.7. The van der Waals surface area contributed by atoms with Crippen LogP contribution in [0.5, 0.6) is 0 Å². The number of carbonyl (C=O) groups excluding carboxylic acids is 4. The maximum atomic E-state index is 12.6. The Bertz CT molecular complexity index is 940. The number of thiol groups is 1. The van der Waals surface area contributed by atoms with Crippen LogP contribution in [0.25, 0.3) is 0 Å². The number of aliphatic imine (C=N–C) groups is 1. The number of imide groups is 1. The minimum atomic E-state index is -1.49. The zero-order valence-electron chi connectivity index (χ0n) is 21.9. The maximum Gasteiger partial charge on any atom is 0.418 e. The molecule has 15 heteroatoms. The van der Waals surface area contributed by atoms with E-state index in [2.05, 4.69) is 22.9 Å². The number of nitrogens with one attached hydrogen (secondary N) is 1. The van der Waals surface area contributed by atoms with E-state index in [1.807, 2.05) is 0 Å². The van der Waals surface area contributed by atoms with Gasteiger partial charge in [0.2, 0.25) is 5.91 Å². The van der Waals surface area contributed by atoms with Crippen molar-refractivity contribution in [1.82, 2.24) is 15.1 Å². The first-order valence-electron chi connectivity index (χ1n) is 12.2. The number of hydrogen-bond acceptors (Lipinski definition) is 11. The lowest BCUT2D eigenvalue weighted by Gasteiger charge is -2.28. The van der Waals surface area contributed by atoms with Crippen molar-refractivity contribution < 1.29 is 43.7 Å². The highest BCUT2D eigenvalue weighted by molar-refractivity contribution is 8.00. The van der Waals surface area contributed by atoms with Gasteiger partial charge in [0.1, 0.15) is 12.3 Å². The summed E-state index contributed by atoms with van der Waals surface area (Å²) in [5, 5.41) is 21.3. The van der Waals surface area contributed by atoms with Gasteiger partial charge in [0.15, 0.2) is 11.9 Å². The van der Waals surface area contributed by atoms with Gasteiger partial charge in [-0.3, -0.25) is 9.59 Å². The fraction of sp³-hybridized carbons (Fsp3) is 0.739. The second kappa shape index (κ2) is 14.0. The minimum absolute atomic E-state index is 0.00911. The summed E-state index contributed by atoms with van der Waals surface area (Å²) in [7, 11) is 0. The number of ether oxygens (including phenoxy) is 2. The molecule has 0 aliphatic carbocycles. The number of carboxylic acids is 1. The summed E-state index contributed by atoms with van der Waals surface area (Å²) in [6.07, 6.45) is 1.27. The average molecular weight is 577 g/mol. The first-order valence-corrected chi connectivity index (χ1v) is 13.9. The van der Waals surface area contributed by atoms with Crippen LogP contribution >= 0.6 is 24.4 Å². The highest BCUT2D eigenvalue weighted by atomic mass is 32.2. The fourth-order valence-electron chi connectivity index (χ4n) is 4.08. The molecule has 3 N–H and O–H groups in total. The van der Waals surface area contributed by atoms with Crippen LogP contribution in [0.2, 0.25) is 0 Å². The second-order valence-electron chi connectivity index (χ2n) is 9.87. The highest BCUT2D eigenvalue weighted by Gasteiger charge is 2.52. The quantitative estimate of drug-likeness (QED) is 0.0704. The number of aliphatic carboxylic acids is 1. The topological polar surface area (TPSA) is 175 Å². The SMILES string of the molecule is CC(=NCN(C(=O)CS)[C@@H](CO)C(=O)O)OC(=O)CCCC[C@@H]1SC[C@@H]2NC(=O)N(C(=O)OC(C)(C)C)[C@@H]21. The van der Waals surface area contributed by atoms with Crippen molar-refractivity contribution in [1.29, 1.82) is 0 Å². The lowest BCUT2D eigenvalue weighted by molar-refractivity contribution is -0.151. The maximum absolute atomic E-state index is 12.6. The zero-order chi connectivity index (χ0) is 28.6. The van der Waals surface area contributed by atoms with Crippen molar-refractivity contribution >= 4 is 60.3 Å². The van der Waals surface area contributed by atoms with Gasteiger partial charge >= 0.3 is 24.1 Å². The molecule has 0 saturated carbocycles. The number of amides is 4. The summed E-state index contributed by atoms with van der Waals surface area (Å²) < 4.78 is 10.6. The van der Waals surface area contributed by atoms with Gasteiger partial charge in [0, 0.05) is 24.3 Å². The van der Waals surface area contributed by atoms with Crippen molar-refractivity contribution in [2.45, 2.75) is 82.4 Å². The molecule has 2 aliphatic rings. The molecule has 4 atom stereocenters. The summed E-state index contributed by atoms with van der Waals surface area (Å²) in [5.74, 6) is -2.23. The summed E-state index contributed by atoms with van der Waals surface area (Å²) >= 11 is 5.51. The molecule has 2 saturated heterocycles. The van der Waals surface area contributed by atoms with E-state index in [4.69, 9.17) is 9.47 Å². The van der Waals surface area contributed by atoms with E-state index in [1.54, 1.807) is 32.5 Å². The zero-order valence-corrected chi connectivity index (χ0v) is 23.6. The molecule has 0 aromatic heterocycles. The molecule has 0 unspecified atom stereocenters. The molecule has 2 heterocycles. The molecule has 0 aromatic rings. The van der Waals surface area contributed by atoms with E-state index in [0.29, 0.717) is 25.0 Å². The number of fused-ring (bicyclic) bond motifs is 1. The van der Waals surface area contributed by atoms with Crippen LogP contribution in [0, 0.1) is 0 Å². The molecule has 13 nitrogen and oxygen atoms in total. The van der Waals surface area contributed by atoms with Crippen LogP contribution in [0.15, 0.2) is 4.99 Å². The number of carboxylic acid groups (broad SMARTS) is 1. The van der Waals surface area contributed by atoms with E-state index in [-0.39, 0.29) is 35.4 Å². The van der Waals surface area contributed by atoms with Crippen LogP contribution in [0.3, 0.4) is 0 Å². The van der Waals surface area contributed by atoms with E-state index >= 15 is 0 Å². The third-order valence-electron chi connectivity index (χ3n) is 5.82. The van der Waals surface area contributed by atoms with Gasteiger partial charge in [0.05, 0.1) is 24.4 Å². The highest BCUT2D eigenvalue weighted by Crippen LogP contribution is 2.38. The molecule has 2 aliphatic heterocycles. The van der Waals surface area contributed by atoms with E-state index in [0.717, 1.165) is 4.90 Å². The van der Waals surface area contributed by atoms with Crippen molar-refractivity contribution in [3.63, 3.8) is 0 Å². The molecule has 2 rings (SSSR count). The van der Waals surface area contributed by atoms with Crippen LogP contribution in [0.1, 0.15) is 53.4 Å². The lowest BCUT2D eigenvalue weighted by Crippen LogP contribution is -2.48. The molecule has 4 amide bonds. The number of nitrogens with zero attached hydrogens (tertiary/aromatic N) is 3. The Morgan fingerprint density at radius 3 is 2.55 bits per heavy atom. The largest absolute Gasteiger partial charge is 0.480 e. The molecular formula is C23H36N4O9S2. The molecule has 0 spiro atoms. The molecular weight excluding hydrogens is 540 g/mol. The molecule has 0 bridgehead atoms. The normalized spacial score (nSPS) is 21.9. The number of rotatable bonds is 11. The predicted octanol–water partition coefficient (Wildman–Crippen LogP) is 1.48. The number of aliphatic hydroxyl groups excluding tert-OH is 1. The first kappa shape index (κ1) is 31.7. The Morgan fingerprint density at radius 2 is 1.97 bits per heavy atom. The van der Waals surface area contributed by atoms with Crippen molar-refractivity contribution in [2.24, 2.45) is 4.99 Å². The molecule has 38 heavy (non-hydrogen) atoms.